The standard InChI is InChI=1S/C13H23NO3/c15-9-6-11(10-4-2-1-3-5-10)14-12(16)13(17)7-8-13/h10-11,15,17H,1-9H2,(H,14,16). The molecular weight excluding hydrogens is 218 g/mol. The van der Waals surface area contributed by atoms with Crippen LogP contribution in [0.2, 0.25) is 0 Å². The fourth-order valence-corrected chi connectivity index (χ4v) is 2.75. The summed E-state index contributed by atoms with van der Waals surface area (Å²) in [7, 11) is 0. The van der Waals surface area contributed by atoms with Crippen LogP contribution in [0.3, 0.4) is 0 Å². The van der Waals surface area contributed by atoms with Crippen molar-refractivity contribution < 1.29 is 15.0 Å². The molecule has 0 radical (unpaired) electrons. The van der Waals surface area contributed by atoms with E-state index in [0.717, 1.165) is 12.8 Å². The minimum atomic E-state index is -1.09. The Morgan fingerprint density at radius 1 is 1.29 bits per heavy atom. The van der Waals surface area contributed by atoms with E-state index >= 15 is 0 Å². The molecule has 0 aromatic carbocycles. The Morgan fingerprint density at radius 3 is 2.47 bits per heavy atom. The highest BCUT2D eigenvalue weighted by atomic mass is 16.3. The predicted octanol–water partition coefficient (Wildman–Crippen LogP) is 0.959. The Morgan fingerprint density at radius 2 is 1.94 bits per heavy atom. The van der Waals surface area contributed by atoms with Crippen molar-refractivity contribution in [2.45, 2.75) is 63.0 Å². The summed E-state index contributed by atoms with van der Waals surface area (Å²) in [6, 6.07) is 0.0393. The number of hydrogen-bond donors (Lipinski definition) is 3. The van der Waals surface area contributed by atoms with Crippen molar-refractivity contribution in [1.82, 2.24) is 5.32 Å². The Bertz CT molecular complexity index is 270. The molecule has 2 rings (SSSR count). The van der Waals surface area contributed by atoms with Crippen LogP contribution in [0.1, 0.15) is 51.4 Å². The lowest BCUT2D eigenvalue weighted by molar-refractivity contribution is -0.132. The maximum absolute atomic E-state index is 11.8. The van der Waals surface area contributed by atoms with E-state index in [4.69, 9.17) is 5.11 Å². The van der Waals surface area contributed by atoms with Crippen molar-refractivity contribution in [3.8, 4) is 0 Å². The second kappa shape index (κ2) is 5.36. The van der Waals surface area contributed by atoms with Gasteiger partial charge in [-0.05, 0) is 38.0 Å². The van der Waals surface area contributed by atoms with Crippen LogP contribution in [0.5, 0.6) is 0 Å². The molecule has 0 heterocycles. The molecule has 0 aliphatic heterocycles. The molecule has 2 fully saturated rings. The molecule has 2 saturated carbocycles. The zero-order chi connectivity index (χ0) is 12.3. The van der Waals surface area contributed by atoms with Crippen molar-refractivity contribution in [3.05, 3.63) is 0 Å². The van der Waals surface area contributed by atoms with Gasteiger partial charge in [-0.15, -0.1) is 0 Å². The number of carbonyl (C=O) groups excluding carboxylic acids is 1. The maximum Gasteiger partial charge on any atom is 0.252 e. The third-order valence-electron chi connectivity index (χ3n) is 4.12. The number of carbonyl (C=O) groups is 1. The zero-order valence-corrected chi connectivity index (χ0v) is 10.3. The molecular formula is C13H23NO3. The van der Waals surface area contributed by atoms with Crippen LogP contribution in [0, 0.1) is 5.92 Å². The predicted molar refractivity (Wildman–Crippen MR) is 64.4 cm³/mol. The van der Waals surface area contributed by atoms with E-state index in [1.165, 1.54) is 19.3 Å². The Hall–Kier alpha value is -0.610. The first-order chi connectivity index (χ1) is 8.15. The minimum absolute atomic E-state index is 0.0393. The molecule has 4 heteroatoms. The van der Waals surface area contributed by atoms with Crippen molar-refractivity contribution >= 4 is 5.91 Å². The van der Waals surface area contributed by atoms with Gasteiger partial charge in [-0.3, -0.25) is 4.79 Å². The summed E-state index contributed by atoms with van der Waals surface area (Å²) in [5, 5.41) is 21.8. The van der Waals surface area contributed by atoms with Gasteiger partial charge in [-0.1, -0.05) is 19.3 Å². The molecule has 0 saturated heterocycles. The van der Waals surface area contributed by atoms with Crippen molar-refractivity contribution in [2.75, 3.05) is 6.61 Å². The summed E-state index contributed by atoms with van der Waals surface area (Å²) in [4.78, 5) is 11.8. The van der Waals surface area contributed by atoms with Crippen molar-refractivity contribution in [2.24, 2.45) is 5.92 Å². The van der Waals surface area contributed by atoms with E-state index in [0.29, 0.717) is 25.2 Å². The molecule has 0 spiro atoms. The minimum Gasteiger partial charge on any atom is -0.396 e. The lowest BCUT2D eigenvalue weighted by Gasteiger charge is -2.31. The summed E-state index contributed by atoms with van der Waals surface area (Å²) in [6.07, 6.45) is 7.73. The SMILES string of the molecule is O=C(NC(CCO)C1CCCCC1)C1(O)CC1. The third-order valence-corrected chi connectivity index (χ3v) is 4.12. The van der Waals surface area contributed by atoms with Gasteiger partial charge in [0.25, 0.3) is 5.91 Å². The highest BCUT2D eigenvalue weighted by Gasteiger charge is 2.48. The van der Waals surface area contributed by atoms with Crippen LogP contribution in [0.15, 0.2) is 0 Å². The molecule has 17 heavy (non-hydrogen) atoms. The van der Waals surface area contributed by atoms with Crippen LogP contribution in [-0.4, -0.2) is 34.4 Å². The van der Waals surface area contributed by atoms with Gasteiger partial charge >= 0.3 is 0 Å². The fourth-order valence-electron chi connectivity index (χ4n) is 2.75. The maximum atomic E-state index is 11.8. The molecule has 3 N–H and O–H groups in total. The molecule has 98 valence electrons. The van der Waals surface area contributed by atoms with Crippen LogP contribution in [-0.2, 0) is 4.79 Å². The smallest absolute Gasteiger partial charge is 0.252 e. The molecule has 1 amide bonds. The molecule has 0 bridgehead atoms. The number of amides is 1. The van der Waals surface area contributed by atoms with Crippen LogP contribution < -0.4 is 5.32 Å². The fraction of sp³-hybridized carbons (Fsp3) is 0.923. The average molecular weight is 241 g/mol. The second-order valence-electron chi connectivity index (χ2n) is 5.52. The number of hydrogen-bond acceptors (Lipinski definition) is 3. The Balaban J connectivity index is 1.89. The lowest BCUT2D eigenvalue weighted by Crippen LogP contribution is -2.47. The van der Waals surface area contributed by atoms with Gasteiger partial charge in [0.15, 0.2) is 0 Å². The summed E-state index contributed by atoms with van der Waals surface area (Å²) >= 11 is 0. The monoisotopic (exact) mass is 241 g/mol. The molecule has 1 unspecified atom stereocenters. The molecule has 4 nitrogen and oxygen atoms in total. The van der Waals surface area contributed by atoms with E-state index in [1.807, 2.05) is 0 Å². The van der Waals surface area contributed by atoms with Gasteiger partial charge in [0, 0.05) is 12.6 Å². The van der Waals surface area contributed by atoms with Crippen molar-refractivity contribution in [3.63, 3.8) is 0 Å². The van der Waals surface area contributed by atoms with E-state index in [2.05, 4.69) is 5.32 Å². The van der Waals surface area contributed by atoms with Crippen LogP contribution >= 0.6 is 0 Å². The van der Waals surface area contributed by atoms with E-state index in [9.17, 15) is 9.90 Å². The molecule has 1 atom stereocenters. The Kier molecular flexibility index (Phi) is 4.05. The van der Waals surface area contributed by atoms with Gasteiger partial charge in [-0.2, -0.15) is 0 Å². The zero-order valence-electron chi connectivity index (χ0n) is 10.3. The summed E-state index contributed by atoms with van der Waals surface area (Å²) in [5.41, 5.74) is -1.09. The first kappa shape index (κ1) is 12.8. The average Bonchev–Trinajstić information content (AvgIpc) is 3.09. The van der Waals surface area contributed by atoms with Crippen molar-refractivity contribution in [1.29, 1.82) is 0 Å². The van der Waals surface area contributed by atoms with E-state index in [-0.39, 0.29) is 18.6 Å². The largest absolute Gasteiger partial charge is 0.396 e. The summed E-state index contributed by atoms with van der Waals surface area (Å²) in [5.74, 6) is 0.240. The number of aliphatic hydroxyl groups excluding tert-OH is 1. The first-order valence-electron chi connectivity index (χ1n) is 6.80. The number of rotatable bonds is 5. The molecule has 0 aromatic rings. The lowest BCUT2D eigenvalue weighted by atomic mass is 9.82. The molecule has 2 aliphatic carbocycles. The first-order valence-corrected chi connectivity index (χ1v) is 6.80. The Labute approximate surface area is 102 Å². The molecule has 2 aliphatic rings. The topological polar surface area (TPSA) is 69.6 Å². The van der Waals surface area contributed by atoms with Gasteiger partial charge in [-0.25, -0.2) is 0 Å². The highest BCUT2D eigenvalue weighted by molar-refractivity contribution is 5.87. The number of nitrogens with one attached hydrogen (secondary N) is 1. The van der Waals surface area contributed by atoms with Gasteiger partial charge in [0.05, 0.1) is 0 Å². The van der Waals surface area contributed by atoms with E-state index in [1.54, 1.807) is 0 Å². The van der Waals surface area contributed by atoms with Crippen LogP contribution in [0.25, 0.3) is 0 Å². The van der Waals surface area contributed by atoms with Crippen LogP contribution in [0.4, 0.5) is 0 Å². The van der Waals surface area contributed by atoms with E-state index < -0.39 is 5.60 Å². The van der Waals surface area contributed by atoms with Gasteiger partial charge in [0.2, 0.25) is 0 Å². The quantitative estimate of drug-likeness (QED) is 0.671. The summed E-state index contributed by atoms with van der Waals surface area (Å²) in [6.45, 7) is 0.0971. The highest BCUT2D eigenvalue weighted by Crippen LogP contribution is 2.36. The number of aliphatic hydroxyl groups is 2. The van der Waals surface area contributed by atoms with Gasteiger partial charge in [0.1, 0.15) is 5.60 Å². The third kappa shape index (κ3) is 3.19. The second-order valence-corrected chi connectivity index (χ2v) is 5.52. The van der Waals surface area contributed by atoms with Gasteiger partial charge < -0.3 is 15.5 Å². The summed E-state index contributed by atoms with van der Waals surface area (Å²) < 4.78 is 0. The molecule has 0 aromatic heterocycles. The normalized spacial score (nSPS) is 25.3.